The van der Waals surface area contributed by atoms with Crippen LogP contribution in [0.3, 0.4) is 0 Å². The minimum atomic E-state index is -1.26. The van der Waals surface area contributed by atoms with E-state index in [9.17, 15) is 14.0 Å². The topological polar surface area (TPSA) is 114 Å². The molecule has 2 rings (SSSR count). The van der Waals surface area contributed by atoms with Crippen LogP contribution < -0.4 is 16.8 Å². The van der Waals surface area contributed by atoms with E-state index < -0.39 is 17.4 Å². The third-order valence-corrected chi connectivity index (χ3v) is 6.15. The minimum absolute atomic E-state index is 0.0466. The molecule has 0 bridgehead atoms. The summed E-state index contributed by atoms with van der Waals surface area (Å²) in [5, 5.41) is 2.93. The molecule has 0 aliphatic carbocycles. The van der Waals surface area contributed by atoms with Crippen LogP contribution in [0.25, 0.3) is 0 Å². The maximum absolute atomic E-state index is 13.6. The highest BCUT2D eigenvalue weighted by Crippen LogP contribution is 2.36. The van der Waals surface area contributed by atoms with Crippen molar-refractivity contribution in [1.29, 1.82) is 0 Å². The van der Waals surface area contributed by atoms with E-state index in [1.54, 1.807) is 30.5 Å². The third-order valence-electron chi connectivity index (χ3n) is 6.15. The molecule has 7 nitrogen and oxygen atoms in total. The Morgan fingerprint density at radius 2 is 1.69 bits per heavy atom. The molecule has 0 aliphatic heterocycles. The number of nitrogens with zero attached hydrogens (tertiary/aromatic N) is 2. The summed E-state index contributed by atoms with van der Waals surface area (Å²) < 4.78 is 13.5. The Hall–Kier alpha value is -3.00. The summed E-state index contributed by atoms with van der Waals surface area (Å²) in [6, 6.07) is 9.33. The summed E-state index contributed by atoms with van der Waals surface area (Å²) >= 11 is 0. The summed E-state index contributed by atoms with van der Waals surface area (Å²) in [6.45, 7) is 7.90. The van der Waals surface area contributed by atoms with Gasteiger partial charge in [0, 0.05) is 18.8 Å². The lowest BCUT2D eigenvalue weighted by atomic mass is 9.70. The molecular weight excluding hydrogens is 409 g/mol. The predicted molar refractivity (Wildman–Crippen MR) is 124 cm³/mol. The summed E-state index contributed by atoms with van der Waals surface area (Å²) in [7, 11) is 1.81. The third kappa shape index (κ3) is 5.43. The molecule has 0 fully saturated rings. The van der Waals surface area contributed by atoms with Crippen molar-refractivity contribution in [2.24, 2.45) is 17.6 Å². The number of carbonyl (C=O) groups excluding carboxylic acids is 2. The Balaban J connectivity index is 2.48. The summed E-state index contributed by atoms with van der Waals surface area (Å²) in [4.78, 5) is 32.5. The van der Waals surface area contributed by atoms with Gasteiger partial charge in [0.05, 0.1) is 5.92 Å². The maximum Gasteiger partial charge on any atom is 0.239 e. The van der Waals surface area contributed by atoms with E-state index in [0.717, 1.165) is 11.1 Å². The van der Waals surface area contributed by atoms with Crippen LogP contribution in [0.2, 0.25) is 0 Å². The molecule has 2 amide bonds. The van der Waals surface area contributed by atoms with Gasteiger partial charge in [-0.1, -0.05) is 32.0 Å². The first-order valence-corrected chi connectivity index (χ1v) is 10.8. The lowest BCUT2D eigenvalue weighted by Gasteiger charge is -2.49. The quantitative estimate of drug-likeness (QED) is 0.522. The van der Waals surface area contributed by atoms with E-state index in [-0.39, 0.29) is 36.6 Å². The Morgan fingerprint density at radius 1 is 1.09 bits per heavy atom. The number of nitrogens with two attached hydrogens (primary N) is 2. The lowest BCUT2D eigenvalue weighted by Crippen LogP contribution is -2.68. The van der Waals surface area contributed by atoms with E-state index in [2.05, 4.69) is 10.3 Å². The number of aromatic nitrogens is 1. The molecule has 8 heteroatoms. The number of nitrogens with one attached hydrogen (secondary N) is 1. The second-order valence-electron chi connectivity index (χ2n) is 8.74. The minimum Gasteiger partial charge on any atom is -0.384 e. The number of carbonyl (C=O) groups is 2. The number of benzene rings is 1. The Bertz CT molecular complexity index is 915. The molecule has 1 aromatic carbocycles. The number of nitrogen functional groups attached to an aromatic ring is 1. The highest BCUT2D eigenvalue weighted by molar-refractivity contribution is 5.93. The highest BCUT2D eigenvalue weighted by atomic mass is 19.1. The van der Waals surface area contributed by atoms with E-state index in [0.29, 0.717) is 5.82 Å². The van der Waals surface area contributed by atoms with Gasteiger partial charge in [-0.2, -0.15) is 0 Å². The first-order valence-electron chi connectivity index (χ1n) is 10.8. The fourth-order valence-corrected chi connectivity index (χ4v) is 4.27. The second kappa shape index (κ2) is 10.5. The van der Waals surface area contributed by atoms with Crippen LogP contribution in [-0.2, 0) is 22.6 Å². The Labute approximate surface area is 189 Å². The van der Waals surface area contributed by atoms with Crippen molar-refractivity contribution in [1.82, 2.24) is 15.2 Å². The molecule has 0 saturated carbocycles. The molecule has 1 aromatic heterocycles. The molecule has 1 heterocycles. The SMILES string of the molecule is CC(C)N(C)C(C(N)=O)(C(C)C)[C@H](Cc1ccc(F)cc1)C(=O)NCc1ccc(N)nc1. The number of anilines is 1. The zero-order chi connectivity index (χ0) is 24.1. The maximum atomic E-state index is 13.6. The molecule has 2 aromatic rings. The Kier molecular flexibility index (Phi) is 8.32. The predicted octanol–water partition coefficient (Wildman–Crippen LogP) is 2.50. The number of likely N-dealkylation sites (N-methyl/N-ethyl adjacent to an activating group) is 1. The van der Waals surface area contributed by atoms with Gasteiger partial charge in [0.25, 0.3) is 0 Å². The first-order chi connectivity index (χ1) is 15.0. The van der Waals surface area contributed by atoms with Gasteiger partial charge in [0.15, 0.2) is 0 Å². The van der Waals surface area contributed by atoms with Crippen LogP contribution in [-0.4, -0.2) is 40.3 Å². The van der Waals surface area contributed by atoms with Crippen molar-refractivity contribution in [2.75, 3.05) is 12.8 Å². The molecular formula is C24H34FN5O2. The van der Waals surface area contributed by atoms with Crippen molar-refractivity contribution in [2.45, 2.75) is 52.2 Å². The largest absolute Gasteiger partial charge is 0.384 e. The molecule has 0 spiro atoms. The zero-order valence-electron chi connectivity index (χ0n) is 19.4. The molecule has 174 valence electrons. The smallest absolute Gasteiger partial charge is 0.239 e. The van der Waals surface area contributed by atoms with E-state index in [4.69, 9.17) is 11.5 Å². The lowest BCUT2D eigenvalue weighted by molar-refractivity contribution is -0.148. The monoisotopic (exact) mass is 443 g/mol. The van der Waals surface area contributed by atoms with Gasteiger partial charge in [-0.3, -0.25) is 14.5 Å². The van der Waals surface area contributed by atoms with Gasteiger partial charge < -0.3 is 16.8 Å². The summed E-state index contributed by atoms with van der Waals surface area (Å²) in [6.07, 6.45) is 1.82. The van der Waals surface area contributed by atoms with Gasteiger partial charge in [-0.15, -0.1) is 0 Å². The first kappa shape index (κ1) is 25.3. The van der Waals surface area contributed by atoms with Crippen molar-refractivity contribution >= 4 is 17.6 Å². The van der Waals surface area contributed by atoms with Crippen molar-refractivity contribution in [3.05, 3.63) is 59.5 Å². The fraction of sp³-hybridized carbons (Fsp3) is 0.458. The van der Waals surface area contributed by atoms with E-state index in [1.807, 2.05) is 39.6 Å². The average molecular weight is 444 g/mol. The fourth-order valence-electron chi connectivity index (χ4n) is 4.27. The number of halogens is 1. The number of hydrogen-bond donors (Lipinski definition) is 3. The standard InChI is InChI=1S/C24H34FN5O2/c1-15(2)24(23(27)32,30(5)16(3)4)20(12-17-6-9-19(25)10-7-17)22(31)29-14-18-8-11-21(26)28-13-18/h6-11,13,15-16,20H,12,14H2,1-5H3,(H2,26,28)(H2,27,32)(H,29,31)/t20-,24?/m1/s1. The molecule has 0 radical (unpaired) electrons. The van der Waals surface area contributed by atoms with Crippen LogP contribution in [0.5, 0.6) is 0 Å². The van der Waals surface area contributed by atoms with Crippen molar-refractivity contribution < 1.29 is 14.0 Å². The van der Waals surface area contributed by atoms with Crippen LogP contribution in [0.1, 0.15) is 38.8 Å². The van der Waals surface area contributed by atoms with Crippen molar-refractivity contribution in [3.63, 3.8) is 0 Å². The van der Waals surface area contributed by atoms with E-state index in [1.165, 1.54) is 12.1 Å². The van der Waals surface area contributed by atoms with Gasteiger partial charge in [-0.25, -0.2) is 9.37 Å². The van der Waals surface area contributed by atoms with Gasteiger partial charge in [-0.05, 0) is 62.6 Å². The molecule has 5 N–H and O–H groups in total. The molecule has 0 aliphatic rings. The number of pyridine rings is 1. The second-order valence-corrected chi connectivity index (χ2v) is 8.74. The number of rotatable bonds is 10. The van der Waals surface area contributed by atoms with Crippen LogP contribution in [0, 0.1) is 17.7 Å². The van der Waals surface area contributed by atoms with Gasteiger partial charge >= 0.3 is 0 Å². The summed E-state index contributed by atoms with van der Waals surface area (Å²) in [5.41, 5.74) is 11.9. The number of primary amides is 1. The molecule has 2 atom stereocenters. The number of amides is 2. The number of hydrogen-bond acceptors (Lipinski definition) is 5. The van der Waals surface area contributed by atoms with Crippen LogP contribution in [0.4, 0.5) is 10.2 Å². The zero-order valence-corrected chi connectivity index (χ0v) is 19.4. The average Bonchev–Trinajstić information content (AvgIpc) is 2.73. The van der Waals surface area contributed by atoms with E-state index >= 15 is 0 Å². The Morgan fingerprint density at radius 3 is 2.16 bits per heavy atom. The van der Waals surface area contributed by atoms with Gasteiger partial charge in [0.2, 0.25) is 11.8 Å². The molecule has 32 heavy (non-hydrogen) atoms. The van der Waals surface area contributed by atoms with Gasteiger partial charge in [0.1, 0.15) is 17.2 Å². The molecule has 1 unspecified atom stereocenters. The van der Waals surface area contributed by atoms with Crippen LogP contribution >= 0.6 is 0 Å². The highest BCUT2D eigenvalue weighted by Gasteiger charge is 2.53. The summed E-state index contributed by atoms with van der Waals surface area (Å²) in [5.74, 6) is -1.93. The van der Waals surface area contributed by atoms with Crippen molar-refractivity contribution in [3.8, 4) is 0 Å². The molecule has 0 saturated heterocycles. The van der Waals surface area contributed by atoms with Crippen LogP contribution in [0.15, 0.2) is 42.6 Å². The normalized spacial score (nSPS) is 14.4.